The molecule has 1 aliphatic rings. The first-order valence-electron chi connectivity index (χ1n) is 9.23. The number of hydrogen-bond acceptors (Lipinski definition) is 10. The molecule has 170 valence electrons. The van der Waals surface area contributed by atoms with E-state index >= 15 is 0 Å². The molecule has 2 aromatic rings. The van der Waals surface area contributed by atoms with Gasteiger partial charge in [-0.1, -0.05) is 29.8 Å². The lowest BCUT2D eigenvalue weighted by Gasteiger charge is -2.38. The van der Waals surface area contributed by atoms with E-state index in [1.54, 1.807) is 19.1 Å². The lowest BCUT2D eigenvalue weighted by atomic mass is 9.99. The van der Waals surface area contributed by atoms with Crippen LogP contribution in [-0.2, 0) is 9.53 Å². The number of aliphatic carboxylic acids is 1. The summed E-state index contributed by atoms with van der Waals surface area (Å²) in [5.41, 5.74) is -0.0629. The summed E-state index contributed by atoms with van der Waals surface area (Å²) in [6.45, 7) is 1.80. The molecule has 0 bridgehead atoms. The van der Waals surface area contributed by atoms with E-state index in [0.717, 1.165) is 17.7 Å². The van der Waals surface area contributed by atoms with Crippen LogP contribution < -0.4 is 4.74 Å². The maximum atomic E-state index is 12.8. The number of rotatable bonds is 6. The van der Waals surface area contributed by atoms with Gasteiger partial charge in [0.1, 0.15) is 18.3 Å². The van der Waals surface area contributed by atoms with E-state index in [-0.39, 0.29) is 11.1 Å². The minimum Gasteiger partial charge on any atom is -0.500 e. The first kappa shape index (κ1) is 23.1. The molecular weight excluding hydrogens is 430 g/mol. The van der Waals surface area contributed by atoms with Crippen molar-refractivity contribution in [1.82, 2.24) is 0 Å². The standard InChI is InChI=1S/C20H19NO11/c1-8-2-4-9(5-3-8)13(22)10-6-11(21(29)30)14(23)12(7-10)31-20-17(26)15(24)16(25)18(32-20)19(27)28/h2-7,15-18,20,23-26H,1H3,(H,27,28)/t15-,16-,17-,18+,20+/m0/s1. The Kier molecular flexibility index (Phi) is 6.41. The molecule has 0 spiro atoms. The number of ketones is 1. The van der Waals surface area contributed by atoms with E-state index in [2.05, 4.69) is 0 Å². The Bertz CT molecular complexity index is 1050. The lowest BCUT2D eigenvalue weighted by Crippen LogP contribution is -2.61. The number of nitrogens with zero attached hydrogens (tertiary/aromatic N) is 1. The first-order chi connectivity index (χ1) is 15.0. The Morgan fingerprint density at radius 1 is 1.03 bits per heavy atom. The normalized spacial score (nSPS) is 25.2. The second-order valence-electron chi connectivity index (χ2n) is 7.15. The molecule has 0 amide bonds. The van der Waals surface area contributed by atoms with Crippen molar-refractivity contribution < 1.29 is 49.5 Å². The molecule has 3 rings (SSSR count). The fourth-order valence-electron chi connectivity index (χ4n) is 3.10. The van der Waals surface area contributed by atoms with Gasteiger partial charge in [-0.15, -0.1) is 0 Å². The first-order valence-corrected chi connectivity index (χ1v) is 9.23. The van der Waals surface area contributed by atoms with Gasteiger partial charge in [0.15, 0.2) is 17.6 Å². The van der Waals surface area contributed by atoms with Gasteiger partial charge in [0, 0.05) is 17.2 Å². The van der Waals surface area contributed by atoms with E-state index < -0.39 is 64.6 Å². The van der Waals surface area contributed by atoms with Crippen molar-refractivity contribution in [3.8, 4) is 11.5 Å². The third-order valence-corrected chi connectivity index (χ3v) is 4.88. The van der Waals surface area contributed by atoms with Crippen molar-refractivity contribution >= 4 is 17.4 Å². The minimum absolute atomic E-state index is 0.194. The largest absolute Gasteiger partial charge is 0.500 e. The van der Waals surface area contributed by atoms with Crippen molar-refractivity contribution in [1.29, 1.82) is 0 Å². The molecule has 1 aliphatic heterocycles. The molecule has 12 heteroatoms. The molecule has 12 nitrogen and oxygen atoms in total. The van der Waals surface area contributed by atoms with Gasteiger partial charge in [-0.05, 0) is 13.0 Å². The molecule has 32 heavy (non-hydrogen) atoms. The Morgan fingerprint density at radius 2 is 1.66 bits per heavy atom. The number of aryl methyl sites for hydroxylation is 1. The number of phenols is 1. The lowest BCUT2D eigenvalue weighted by molar-refractivity contribution is -0.386. The number of carbonyl (C=O) groups is 2. The highest BCUT2D eigenvalue weighted by molar-refractivity contribution is 6.09. The molecule has 5 atom stereocenters. The molecule has 0 aromatic heterocycles. The molecular formula is C20H19NO11. The van der Waals surface area contributed by atoms with E-state index in [1.165, 1.54) is 12.1 Å². The quantitative estimate of drug-likeness (QED) is 0.228. The van der Waals surface area contributed by atoms with Gasteiger partial charge in [-0.3, -0.25) is 14.9 Å². The summed E-state index contributed by atoms with van der Waals surface area (Å²) < 4.78 is 10.2. The predicted molar refractivity (Wildman–Crippen MR) is 104 cm³/mol. The molecule has 0 radical (unpaired) electrons. The van der Waals surface area contributed by atoms with Crippen LogP contribution in [0, 0.1) is 17.0 Å². The van der Waals surface area contributed by atoms with Crippen LogP contribution in [0.5, 0.6) is 11.5 Å². The van der Waals surface area contributed by atoms with E-state index in [4.69, 9.17) is 14.6 Å². The van der Waals surface area contributed by atoms with Crippen LogP contribution in [0.25, 0.3) is 0 Å². The average molecular weight is 449 g/mol. The Morgan fingerprint density at radius 3 is 2.22 bits per heavy atom. The highest BCUT2D eigenvalue weighted by Crippen LogP contribution is 2.39. The number of benzene rings is 2. The average Bonchev–Trinajstić information content (AvgIpc) is 2.74. The van der Waals surface area contributed by atoms with Gasteiger partial charge in [0.05, 0.1) is 4.92 Å². The number of aromatic hydroxyl groups is 1. The second kappa shape index (κ2) is 8.88. The van der Waals surface area contributed by atoms with E-state index in [9.17, 15) is 40.1 Å². The van der Waals surface area contributed by atoms with Crippen LogP contribution >= 0.6 is 0 Å². The van der Waals surface area contributed by atoms with Gasteiger partial charge in [0.25, 0.3) is 0 Å². The monoisotopic (exact) mass is 449 g/mol. The number of phenolic OH excluding ortho intramolecular Hbond substituents is 1. The second-order valence-corrected chi connectivity index (χ2v) is 7.15. The zero-order chi connectivity index (χ0) is 23.7. The topological polar surface area (TPSA) is 197 Å². The third kappa shape index (κ3) is 4.38. The molecule has 1 heterocycles. The number of aliphatic hydroxyl groups excluding tert-OH is 3. The number of aliphatic hydroxyl groups is 3. The molecule has 0 aliphatic carbocycles. The van der Waals surface area contributed by atoms with Gasteiger partial charge < -0.3 is 35.0 Å². The maximum Gasteiger partial charge on any atom is 0.335 e. The Balaban J connectivity index is 2.00. The Labute approximate surface area is 180 Å². The summed E-state index contributed by atoms with van der Waals surface area (Å²) in [4.78, 5) is 34.4. The summed E-state index contributed by atoms with van der Waals surface area (Å²) in [6.07, 6.45) is -9.89. The Hall–Kier alpha value is -3.58. The zero-order valence-electron chi connectivity index (χ0n) is 16.5. The predicted octanol–water partition coefficient (Wildman–Crippen LogP) is 0.111. The third-order valence-electron chi connectivity index (χ3n) is 4.88. The van der Waals surface area contributed by atoms with Crippen LogP contribution in [0.4, 0.5) is 5.69 Å². The summed E-state index contributed by atoms with van der Waals surface area (Å²) in [5, 5.41) is 60.4. The van der Waals surface area contributed by atoms with E-state index in [0.29, 0.717) is 0 Å². The maximum absolute atomic E-state index is 12.8. The number of carboxylic acid groups (broad SMARTS) is 1. The van der Waals surface area contributed by atoms with Crippen molar-refractivity contribution in [2.75, 3.05) is 0 Å². The van der Waals surface area contributed by atoms with Crippen LogP contribution in [0.1, 0.15) is 21.5 Å². The molecule has 2 aromatic carbocycles. The van der Waals surface area contributed by atoms with Gasteiger partial charge >= 0.3 is 11.7 Å². The van der Waals surface area contributed by atoms with Gasteiger partial charge in [-0.2, -0.15) is 0 Å². The summed E-state index contributed by atoms with van der Waals surface area (Å²) in [6, 6.07) is 8.10. The highest BCUT2D eigenvalue weighted by atomic mass is 16.7. The summed E-state index contributed by atoms with van der Waals surface area (Å²) in [7, 11) is 0. The van der Waals surface area contributed by atoms with Gasteiger partial charge in [-0.25, -0.2) is 4.79 Å². The zero-order valence-corrected chi connectivity index (χ0v) is 16.5. The van der Waals surface area contributed by atoms with E-state index in [1.807, 2.05) is 0 Å². The van der Waals surface area contributed by atoms with Crippen LogP contribution in [0.2, 0.25) is 0 Å². The van der Waals surface area contributed by atoms with Crippen LogP contribution in [0.3, 0.4) is 0 Å². The molecule has 1 saturated heterocycles. The number of carbonyl (C=O) groups excluding carboxylic acids is 1. The summed E-state index contributed by atoms with van der Waals surface area (Å²) >= 11 is 0. The number of carboxylic acids is 1. The van der Waals surface area contributed by atoms with Crippen molar-refractivity contribution in [3.63, 3.8) is 0 Å². The smallest absolute Gasteiger partial charge is 0.335 e. The minimum atomic E-state index is -2.00. The fraction of sp³-hybridized carbons (Fsp3) is 0.300. The highest BCUT2D eigenvalue weighted by Gasteiger charge is 2.48. The SMILES string of the molecule is Cc1ccc(C(=O)c2cc(O[C@@H]3O[C@@H](C(=O)O)[C@@H](O)[C@H](O)[C@@H]3O)c(O)c([N+](=O)[O-])c2)cc1. The molecule has 0 unspecified atom stereocenters. The van der Waals surface area contributed by atoms with Crippen molar-refractivity contribution in [3.05, 3.63) is 63.2 Å². The number of nitro benzene ring substituents is 1. The summed E-state index contributed by atoms with van der Waals surface area (Å²) in [5.74, 6) is -4.00. The van der Waals surface area contributed by atoms with Crippen molar-refractivity contribution in [2.45, 2.75) is 37.6 Å². The van der Waals surface area contributed by atoms with Gasteiger partial charge in [0.2, 0.25) is 12.0 Å². The van der Waals surface area contributed by atoms with Crippen molar-refractivity contribution in [2.24, 2.45) is 0 Å². The molecule has 0 saturated carbocycles. The van der Waals surface area contributed by atoms with Crippen LogP contribution in [0.15, 0.2) is 36.4 Å². The van der Waals surface area contributed by atoms with Crippen LogP contribution in [-0.4, -0.2) is 72.9 Å². The number of nitro groups is 1. The molecule has 1 fully saturated rings. The molecule has 5 N–H and O–H groups in total. The number of ether oxygens (including phenoxy) is 2. The number of hydrogen-bond donors (Lipinski definition) is 5. The fourth-order valence-corrected chi connectivity index (χ4v) is 3.10.